The molecule has 0 atom stereocenters. The fourth-order valence-corrected chi connectivity index (χ4v) is 2.18. The molecule has 2 N–H and O–H groups in total. The minimum absolute atomic E-state index is 0.0186. The quantitative estimate of drug-likeness (QED) is 0.603. The number of nitro groups is 1. The van der Waals surface area contributed by atoms with Crippen LogP contribution in [0.5, 0.6) is 0 Å². The second-order valence-electron chi connectivity index (χ2n) is 5.06. The summed E-state index contributed by atoms with van der Waals surface area (Å²) in [5.41, 5.74) is -0.259. The Morgan fingerprint density at radius 1 is 1.33 bits per heavy atom. The summed E-state index contributed by atoms with van der Waals surface area (Å²) in [6.45, 7) is 1.89. The largest absolute Gasteiger partial charge is 0.328 e. The van der Waals surface area contributed by atoms with Crippen molar-refractivity contribution in [2.45, 2.75) is 26.3 Å². The maximum Gasteiger partial charge on any atom is 0.328 e. The number of carbonyl (C=O) groups excluding carboxylic acids is 1. The second kappa shape index (κ2) is 7.36. The Hall–Kier alpha value is -3.23. The Morgan fingerprint density at radius 3 is 2.71 bits per heavy atom. The van der Waals surface area contributed by atoms with E-state index in [4.69, 9.17) is 0 Å². The zero-order chi connectivity index (χ0) is 17.7. The van der Waals surface area contributed by atoms with E-state index >= 15 is 0 Å². The third kappa shape index (κ3) is 4.15. The van der Waals surface area contributed by atoms with Crippen LogP contribution in [0.15, 0.2) is 40.1 Å². The molecular formula is C15H16N4O5. The van der Waals surface area contributed by atoms with Crippen LogP contribution in [0, 0.1) is 10.1 Å². The summed E-state index contributed by atoms with van der Waals surface area (Å²) in [5, 5.41) is 13.6. The van der Waals surface area contributed by atoms with Crippen LogP contribution in [0.25, 0.3) is 0 Å². The first-order chi connectivity index (χ1) is 11.4. The van der Waals surface area contributed by atoms with Crippen molar-refractivity contribution in [3.8, 4) is 0 Å². The van der Waals surface area contributed by atoms with Crippen molar-refractivity contribution in [2.24, 2.45) is 0 Å². The van der Waals surface area contributed by atoms with Gasteiger partial charge in [0.05, 0.1) is 4.92 Å². The van der Waals surface area contributed by atoms with Gasteiger partial charge in [0.15, 0.2) is 0 Å². The summed E-state index contributed by atoms with van der Waals surface area (Å²) in [5.74, 6) is -0.397. The zero-order valence-electron chi connectivity index (χ0n) is 12.9. The monoisotopic (exact) mass is 332 g/mol. The first-order valence-electron chi connectivity index (χ1n) is 7.27. The van der Waals surface area contributed by atoms with Gasteiger partial charge in [-0.1, -0.05) is 13.0 Å². The molecule has 1 aromatic carbocycles. The number of benzene rings is 1. The molecular weight excluding hydrogens is 316 g/mol. The van der Waals surface area contributed by atoms with E-state index in [1.54, 1.807) is 12.1 Å². The third-order valence-corrected chi connectivity index (χ3v) is 3.42. The summed E-state index contributed by atoms with van der Waals surface area (Å²) >= 11 is 0. The van der Waals surface area contributed by atoms with Crippen LogP contribution in [0.2, 0.25) is 0 Å². The molecule has 24 heavy (non-hydrogen) atoms. The van der Waals surface area contributed by atoms with Crippen molar-refractivity contribution >= 4 is 17.3 Å². The van der Waals surface area contributed by atoms with E-state index in [-0.39, 0.29) is 18.7 Å². The van der Waals surface area contributed by atoms with Crippen molar-refractivity contribution in [1.29, 1.82) is 0 Å². The third-order valence-electron chi connectivity index (χ3n) is 3.42. The van der Waals surface area contributed by atoms with Gasteiger partial charge in [-0.2, -0.15) is 0 Å². The summed E-state index contributed by atoms with van der Waals surface area (Å²) in [7, 11) is 0. The maximum absolute atomic E-state index is 11.9. The van der Waals surface area contributed by atoms with Gasteiger partial charge in [-0.25, -0.2) is 4.79 Å². The van der Waals surface area contributed by atoms with Crippen LogP contribution in [0.4, 0.5) is 11.4 Å². The van der Waals surface area contributed by atoms with Crippen molar-refractivity contribution < 1.29 is 9.72 Å². The fraction of sp³-hybridized carbons (Fsp3) is 0.267. The van der Waals surface area contributed by atoms with Crippen molar-refractivity contribution in [3.63, 3.8) is 0 Å². The standard InChI is InChI=1S/C15H16N4O5/c1-2-10-3-4-11(9-12(10)19(23)24)16-13(20)5-7-18-8-6-14(21)17-15(18)22/h3-4,6,8-9H,2,5,7H2,1H3,(H,16,20)(H,17,21,22). The van der Waals surface area contributed by atoms with E-state index in [2.05, 4.69) is 10.3 Å². The van der Waals surface area contributed by atoms with E-state index in [0.29, 0.717) is 17.7 Å². The number of nitrogens with zero attached hydrogens (tertiary/aromatic N) is 2. The molecule has 0 aliphatic heterocycles. The summed E-state index contributed by atoms with van der Waals surface area (Å²) in [6, 6.07) is 5.69. The molecule has 9 nitrogen and oxygen atoms in total. The molecule has 0 saturated heterocycles. The SMILES string of the molecule is CCc1ccc(NC(=O)CCn2ccc(=O)[nH]c2=O)cc1[N+](=O)[O-]. The van der Waals surface area contributed by atoms with E-state index in [1.807, 2.05) is 6.92 Å². The van der Waals surface area contributed by atoms with Crippen LogP contribution < -0.4 is 16.6 Å². The average molecular weight is 332 g/mol. The lowest BCUT2D eigenvalue weighted by Crippen LogP contribution is -2.29. The molecule has 0 unspecified atom stereocenters. The number of amides is 1. The molecule has 2 rings (SSSR count). The van der Waals surface area contributed by atoms with Crippen LogP contribution >= 0.6 is 0 Å². The zero-order valence-corrected chi connectivity index (χ0v) is 12.9. The maximum atomic E-state index is 11.9. The Morgan fingerprint density at radius 2 is 2.08 bits per heavy atom. The van der Waals surface area contributed by atoms with E-state index in [9.17, 15) is 24.5 Å². The summed E-state index contributed by atoms with van der Waals surface area (Å²) in [6.07, 6.45) is 1.80. The number of nitro benzene ring substituents is 1. The molecule has 1 amide bonds. The number of nitrogens with one attached hydrogen (secondary N) is 2. The van der Waals surface area contributed by atoms with Gasteiger partial charge in [-0.3, -0.25) is 24.7 Å². The van der Waals surface area contributed by atoms with E-state index in [1.165, 1.54) is 22.9 Å². The predicted octanol–water partition coefficient (Wildman–Crippen LogP) is 1.04. The van der Waals surface area contributed by atoms with Gasteiger partial charge in [0.2, 0.25) is 5.91 Å². The highest BCUT2D eigenvalue weighted by atomic mass is 16.6. The Labute approximate surface area is 136 Å². The van der Waals surface area contributed by atoms with Crippen LogP contribution in [-0.2, 0) is 17.8 Å². The first-order valence-corrected chi connectivity index (χ1v) is 7.27. The molecule has 0 spiro atoms. The Balaban J connectivity index is 2.04. The molecule has 0 aliphatic rings. The molecule has 0 saturated carbocycles. The fourth-order valence-electron chi connectivity index (χ4n) is 2.18. The molecule has 2 aromatic rings. The number of aromatic nitrogens is 2. The van der Waals surface area contributed by atoms with E-state index < -0.39 is 22.1 Å². The Bertz CT molecular complexity index is 884. The first kappa shape index (κ1) is 17.1. The molecule has 0 bridgehead atoms. The summed E-state index contributed by atoms with van der Waals surface area (Å²) < 4.78 is 1.20. The minimum atomic E-state index is -0.599. The van der Waals surface area contributed by atoms with Gasteiger partial charge < -0.3 is 9.88 Å². The lowest BCUT2D eigenvalue weighted by molar-refractivity contribution is -0.385. The van der Waals surface area contributed by atoms with Gasteiger partial charge in [-0.15, -0.1) is 0 Å². The summed E-state index contributed by atoms with van der Waals surface area (Å²) in [4.78, 5) is 47.0. The topological polar surface area (TPSA) is 127 Å². The van der Waals surface area contributed by atoms with Gasteiger partial charge in [0.25, 0.3) is 11.2 Å². The van der Waals surface area contributed by atoms with Gasteiger partial charge in [-0.05, 0) is 12.5 Å². The van der Waals surface area contributed by atoms with Gasteiger partial charge >= 0.3 is 5.69 Å². The number of hydrogen-bond donors (Lipinski definition) is 2. The smallest absolute Gasteiger partial charge is 0.326 e. The molecule has 0 fully saturated rings. The lowest BCUT2D eigenvalue weighted by Gasteiger charge is -2.08. The number of aryl methyl sites for hydroxylation is 2. The van der Waals surface area contributed by atoms with Gasteiger partial charge in [0.1, 0.15) is 0 Å². The van der Waals surface area contributed by atoms with Crippen LogP contribution in [-0.4, -0.2) is 20.4 Å². The average Bonchev–Trinajstić information content (AvgIpc) is 2.54. The number of hydrogen-bond acceptors (Lipinski definition) is 5. The molecule has 126 valence electrons. The number of H-pyrrole nitrogens is 1. The second-order valence-corrected chi connectivity index (χ2v) is 5.06. The van der Waals surface area contributed by atoms with Crippen LogP contribution in [0.1, 0.15) is 18.9 Å². The molecule has 0 aliphatic carbocycles. The predicted molar refractivity (Wildman–Crippen MR) is 87.0 cm³/mol. The van der Waals surface area contributed by atoms with Crippen LogP contribution in [0.3, 0.4) is 0 Å². The van der Waals surface area contributed by atoms with Crippen molar-refractivity contribution in [1.82, 2.24) is 9.55 Å². The number of aromatic amines is 1. The van der Waals surface area contributed by atoms with E-state index in [0.717, 1.165) is 0 Å². The highest BCUT2D eigenvalue weighted by molar-refractivity contribution is 5.91. The lowest BCUT2D eigenvalue weighted by atomic mass is 10.1. The highest BCUT2D eigenvalue weighted by Crippen LogP contribution is 2.23. The van der Waals surface area contributed by atoms with Gasteiger partial charge in [0, 0.05) is 42.5 Å². The number of rotatable bonds is 6. The minimum Gasteiger partial charge on any atom is -0.326 e. The van der Waals surface area contributed by atoms with Crippen molar-refractivity contribution in [2.75, 3.05) is 5.32 Å². The molecule has 1 heterocycles. The number of anilines is 1. The number of carbonyl (C=O) groups is 1. The molecule has 9 heteroatoms. The van der Waals surface area contributed by atoms with Crippen molar-refractivity contribution in [3.05, 3.63) is 67.0 Å². The normalized spacial score (nSPS) is 10.4. The molecule has 0 radical (unpaired) electrons. The molecule has 1 aromatic heterocycles. The Kier molecular flexibility index (Phi) is 5.25. The highest BCUT2D eigenvalue weighted by Gasteiger charge is 2.14.